The van der Waals surface area contributed by atoms with Crippen molar-refractivity contribution >= 4 is 12.6 Å². The lowest BCUT2D eigenvalue weighted by molar-refractivity contribution is 0.0877. The zero-order chi connectivity index (χ0) is 15.7. The smallest absolute Gasteiger partial charge is 0.169 e. The van der Waals surface area contributed by atoms with Gasteiger partial charge in [0.1, 0.15) is 12.9 Å². The summed E-state index contributed by atoms with van der Waals surface area (Å²) < 4.78 is 38.7. The number of hydrogen-bond donors (Lipinski definition) is 0. The van der Waals surface area contributed by atoms with E-state index in [1.54, 1.807) is 12.1 Å². The molecule has 0 aromatic heterocycles. The van der Waals surface area contributed by atoms with E-state index in [4.69, 9.17) is 9.47 Å². The number of rotatable bonds is 3. The van der Waals surface area contributed by atoms with Crippen LogP contribution in [0.15, 0.2) is 30.3 Å². The molecule has 0 amide bonds. The SMILES string of the molecule is O=Cc1ccc2c(c1)OC(c1ccc(C=O)c(F)c1F)CO2. The molecule has 1 aliphatic heterocycles. The van der Waals surface area contributed by atoms with Gasteiger partial charge in [0, 0.05) is 11.1 Å². The molecule has 1 heterocycles. The average Bonchev–Trinajstić information content (AvgIpc) is 2.56. The molecular formula is C16H10F2O4. The fraction of sp³-hybridized carbons (Fsp3) is 0.125. The molecule has 3 rings (SSSR count). The summed E-state index contributed by atoms with van der Waals surface area (Å²) in [6.07, 6.45) is 0.0166. The number of ether oxygens (including phenoxy) is 2. The molecule has 0 saturated carbocycles. The summed E-state index contributed by atoms with van der Waals surface area (Å²) in [5, 5.41) is 0. The van der Waals surface area contributed by atoms with Crippen LogP contribution < -0.4 is 9.47 Å². The van der Waals surface area contributed by atoms with Crippen LogP contribution in [0.2, 0.25) is 0 Å². The normalized spacial score (nSPS) is 16.2. The van der Waals surface area contributed by atoms with Gasteiger partial charge >= 0.3 is 0 Å². The maximum atomic E-state index is 14.0. The molecule has 2 aromatic carbocycles. The molecule has 0 saturated heterocycles. The number of halogens is 2. The maximum absolute atomic E-state index is 14.0. The summed E-state index contributed by atoms with van der Waals surface area (Å²) >= 11 is 0. The summed E-state index contributed by atoms with van der Waals surface area (Å²) in [4.78, 5) is 21.4. The predicted octanol–water partition coefficient (Wildman–Crippen LogP) is 3.10. The largest absolute Gasteiger partial charge is 0.485 e. The minimum Gasteiger partial charge on any atom is -0.485 e. The van der Waals surface area contributed by atoms with Crippen molar-refractivity contribution in [2.45, 2.75) is 6.10 Å². The molecule has 112 valence electrons. The van der Waals surface area contributed by atoms with E-state index in [1.165, 1.54) is 18.2 Å². The van der Waals surface area contributed by atoms with Crippen molar-refractivity contribution in [2.24, 2.45) is 0 Å². The molecule has 22 heavy (non-hydrogen) atoms. The lowest BCUT2D eigenvalue weighted by Gasteiger charge is -2.27. The number of carbonyl (C=O) groups is 2. The van der Waals surface area contributed by atoms with Crippen LogP contribution in [0.1, 0.15) is 32.4 Å². The Morgan fingerprint density at radius 3 is 2.55 bits per heavy atom. The minimum atomic E-state index is -1.22. The summed E-state index contributed by atoms with van der Waals surface area (Å²) in [6.45, 7) is -0.00969. The van der Waals surface area contributed by atoms with E-state index < -0.39 is 17.7 Å². The van der Waals surface area contributed by atoms with Crippen molar-refractivity contribution < 1.29 is 27.8 Å². The quantitative estimate of drug-likeness (QED) is 0.818. The number of benzene rings is 2. The Morgan fingerprint density at radius 1 is 1.00 bits per heavy atom. The zero-order valence-corrected chi connectivity index (χ0v) is 11.2. The molecule has 0 radical (unpaired) electrons. The van der Waals surface area contributed by atoms with E-state index in [-0.39, 0.29) is 29.8 Å². The Labute approximate surface area is 124 Å². The lowest BCUT2D eigenvalue weighted by atomic mass is 10.0. The van der Waals surface area contributed by atoms with E-state index in [1.807, 2.05) is 0 Å². The second kappa shape index (κ2) is 5.55. The zero-order valence-electron chi connectivity index (χ0n) is 11.2. The van der Waals surface area contributed by atoms with Gasteiger partial charge in [-0.1, -0.05) is 6.07 Å². The molecule has 0 bridgehead atoms. The number of carbonyl (C=O) groups excluding carboxylic acids is 2. The number of hydrogen-bond acceptors (Lipinski definition) is 4. The Bertz CT molecular complexity index is 758. The molecule has 2 aromatic rings. The molecule has 1 atom stereocenters. The highest BCUT2D eigenvalue weighted by Gasteiger charge is 2.27. The van der Waals surface area contributed by atoms with E-state index in [0.717, 1.165) is 0 Å². The third kappa shape index (κ3) is 2.32. The topological polar surface area (TPSA) is 52.6 Å². The molecular weight excluding hydrogens is 294 g/mol. The van der Waals surface area contributed by atoms with Gasteiger partial charge in [0.05, 0.1) is 5.56 Å². The van der Waals surface area contributed by atoms with Crippen LogP contribution in [-0.4, -0.2) is 19.2 Å². The van der Waals surface area contributed by atoms with Crippen molar-refractivity contribution in [2.75, 3.05) is 6.61 Å². The van der Waals surface area contributed by atoms with Crippen LogP contribution in [0.4, 0.5) is 8.78 Å². The van der Waals surface area contributed by atoms with Gasteiger partial charge < -0.3 is 9.47 Å². The van der Waals surface area contributed by atoms with E-state index in [2.05, 4.69) is 0 Å². The Morgan fingerprint density at radius 2 is 1.82 bits per heavy atom. The van der Waals surface area contributed by atoms with Gasteiger partial charge in [-0.3, -0.25) is 9.59 Å². The van der Waals surface area contributed by atoms with Crippen molar-refractivity contribution in [3.63, 3.8) is 0 Å². The van der Waals surface area contributed by atoms with E-state index in [9.17, 15) is 18.4 Å². The van der Waals surface area contributed by atoms with Crippen LogP contribution >= 0.6 is 0 Å². The van der Waals surface area contributed by atoms with Crippen LogP contribution in [0.3, 0.4) is 0 Å². The van der Waals surface area contributed by atoms with Gasteiger partial charge in [0.2, 0.25) is 0 Å². The highest BCUT2D eigenvalue weighted by Crippen LogP contribution is 2.37. The van der Waals surface area contributed by atoms with Crippen molar-refractivity contribution in [1.29, 1.82) is 0 Å². The average molecular weight is 304 g/mol. The van der Waals surface area contributed by atoms with Crippen LogP contribution in [0.25, 0.3) is 0 Å². The van der Waals surface area contributed by atoms with Gasteiger partial charge in [-0.15, -0.1) is 0 Å². The first kappa shape index (κ1) is 14.2. The molecule has 4 nitrogen and oxygen atoms in total. The first-order valence-electron chi connectivity index (χ1n) is 6.45. The third-order valence-electron chi connectivity index (χ3n) is 3.38. The van der Waals surface area contributed by atoms with Gasteiger partial charge in [-0.25, -0.2) is 8.78 Å². The van der Waals surface area contributed by atoms with Crippen molar-refractivity contribution in [3.05, 3.63) is 58.7 Å². The Kier molecular flexibility index (Phi) is 3.58. The molecule has 1 aliphatic rings. The van der Waals surface area contributed by atoms with E-state index >= 15 is 0 Å². The second-order valence-corrected chi connectivity index (χ2v) is 4.73. The Balaban J connectivity index is 1.96. The minimum absolute atomic E-state index is 0.00969. The van der Waals surface area contributed by atoms with Crippen molar-refractivity contribution in [1.82, 2.24) is 0 Å². The number of fused-ring (bicyclic) bond motifs is 1. The summed E-state index contributed by atoms with van der Waals surface area (Å²) in [5.41, 5.74) is -0.0298. The van der Waals surface area contributed by atoms with Crippen LogP contribution in [-0.2, 0) is 0 Å². The van der Waals surface area contributed by atoms with E-state index in [0.29, 0.717) is 17.6 Å². The van der Waals surface area contributed by atoms with Crippen LogP contribution in [0, 0.1) is 11.6 Å². The van der Waals surface area contributed by atoms with Gasteiger partial charge in [-0.05, 0) is 24.3 Å². The fourth-order valence-electron chi connectivity index (χ4n) is 2.23. The van der Waals surface area contributed by atoms with Gasteiger partial charge in [-0.2, -0.15) is 0 Å². The Hall–Kier alpha value is -2.76. The lowest BCUT2D eigenvalue weighted by Crippen LogP contribution is -2.23. The second-order valence-electron chi connectivity index (χ2n) is 4.73. The van der Waals surface area contributed by atoms with Gasteiger partial charge in [0.15, 0.2) is 35.5 Å². The first-order valence-corrected chi connectivity index (χ1v) is 6.45. The first-order chi connectivity index (χ1) is 10.6. The standard InChI is InChI=1S/C16H10F2O4/c17-15-10(7-20)2-3-11(16(15)18)14-8-21-12-4-1-9(6-19)5-13(12)22-14/h1-7,14H,8H2. The maximum Gasteiger partial charge on any atom is 0.169 e. The summed E-state index contributed by atoms with van der Waals surface area (Å²) in [6, 6.07) is 7.06. The third-order valence-corrected chi connectivity index (χ3v) is 3.38. The van der Waals surface area contributed by atoms with Crippen molar-refractivity contribution in [3.8, 4) is 11.5 Å². The number of aldehydes is 2. The van der Waals surface area contributed by atoms with Gasteiger partial charge in [0.25, 0.3) is 0 Å². The molecule has 6 heteroatoms. The monoisotopic (exact) mass is 304 g/mol. The molecule has 1 unspecified atom stereocenters. The predicted molar refractivity (Wildman–Crippen MR) is 72.4 cm³/mol. The summed E-state index contributed by atoms with van der Waals surface area (Å²) in [5.74, 6) is -1.66. The fourth-order valence-corrected chi connectivity index (χ4v) is 2.23. The molecule has 0 fully saturated rings. The summed E-state index contributed by atoms with van der Waals surface area (Å²) in [7, 11) is 0. The van der Waals surface area contributed by atoms with Crippen LogP contribution in [0.5, 0.6) is 11.5 Å². The molecule has 0 aliphatic carbocycles. The molecule has 0 N–H and O–H groups in total. The molecule has 0 spiro atoms. The highest BCUT2D eigenvalue weighted by atomic mass is 19.2. The highest BCUT2D eigenvalue weighted by molar-refractivity contribution is 5.76.